The highest BCUT2D eigenvalue weighted by atomic mass is 32.2. The Bertz CT molecular complexity index is 702. The predicted octanol–water partition coefficient (Wildman–Crippen LogP) is 1.98. The topological polar surface area (TPSA) is 107 Å². The smallest absolute Gasteiger partial charge is 0.225 e. The maximum absolute atomic E-state index is 9.35. The molecule has 0 spiro atoms. The highest BCUT2D eigenvalue weighted by molar-refractivity contribution is 7.98. The molecule has 0 radical (unpaired) electrons. The highest BCUT2D eigenvalue weighted by Gasteiger charge is 2.18. The fourth-order valence-electron chi connectivity index (χ4n) is 2.91. The largest absolute Gasteiger partial charge is 0.393 e. The zero-order valence-corrected chi connectivity index (χ0v) is 19.0. The van der Waals surface area contributed by atoms with Crippen LogP contribution in [0.2, 0.25) is 0 Å². The first kappa shape index (κ1) is 24.5. The lowest BCUT2D eigenvalue weighted by Gasteiger charge is -2.29. The molecule has 2 aromatic rings. The lowest BCUT2D eigenvalue weighted by Crippen LogP contribution is -2.36. The van der Waals surface area contributed by atoms with Crippen molar-refractivity contribution < 1.29 is 10.2 Å². The van der Waals surface area contributed by atoms with Gasteiger partial charge in [0.15, 0.2) is 5.16 Å². The average molecular weight is 435 g/mol. The number of hydrogen-bond acceptors (Lipinski definition) is 9. The van der Waals surface area contributed by atoms with E-state index in [1.807, 2.05) is 44.9 Å². The minimum atomic E-state index is -0.142. The molecule has 0 bridgehead atoms. The molecule has 0 saturated carbocycles. The van der Waals surface area contributed by atoms with Crippen LogP contribution < -0.4 is 10.2 Å². The van der Waals surface area contributed by atoms with Crippen LogP contribution in [-0.2, 0) is 0 Å². The molecule has 4 rings (SSSR count). The van der Waals surface area contributed by atoms with E-state index in [1.54, 1.807) is 11.8 Å². The van der Waals surface area contributed by atoms with Crippen molar-refractivity contribution in [1.29, 1.82) is 0 Å². The summed E-state index contributed by atoms with van der Waals surface area (Å²) in [5.74, 6) is 0.780. The van der Waals surface area contributed by atoms with Crippen molar-refractivity contribution in [3.8, 4) is 0 Å². The first-order valence-corrected chi connectivity index (χ1v) is 11.6. The Morgan fingerprint density at radius 1 is 0.833 bits per heavy atom. The number of rotatable bonds is 2. The summed E-state index contributed by atoms with van der Waals surface area (Å²) in [5.41, 5.74) is 2.18. The van der Waals surface area contributed by atoms with Crippen LogP contribution in [0.5, 0.6) is 0 Å². The fourth-order valence-corrected chi connectivity index (χ4v) is 3.22. The van der Waals surface area contributed by atoms with Gasteiger partial charge in [0.1, 0.15) is 0 Å². The number of aryl methyl sites for hydroxylation is 2. The first-order valence-electron chi connectivity index (χ1n) is 10.4. The van der Waals surface area contributed by atoms with E-state index in [1.165, 1.54) is 0 Å². The summed E-state index contributed by atoms with van der Waals surface area (Å²) in [6.45, 7) is 7.63. The van der Waals surface area contributed by atoms with Gasteiger partial charge in [-0.2, -0.15) is 0 Å². The molecule has 2 aliphatic rings. The normalized spacial score (nSPS) is 17.4. The van der Waals surface area contributed by atoms with Gasteiger partial charge < -0.3 is 20.4 Å². The first-order chi connectivity index (χ1) is 14.5. The zero-order valence-electron chi connectivity index (χ0n) is 18.2. The van der Waals surface area contributed by atoms with Crippen LogP contribution in [0.4, 0.5) is 5.95 Å². The van der Waals surface area contributed by atoms with Crippen molar-refractivity contribution in [2.45, 2.75) is 56.9 Å². The third kappa shape index (κ3) is 9.34. The van der Waals surface area contributed by atoms with Crippen LogP contribution in [0.1, 0.15) is 36.8 Å². The van der Waals surface area contributed by atoms with E-state index in [0.29, 0.717) is 0 Å². The standard InChI is InChI=1S/C10H15N3O.C6H8N2S.C5H11NO/c1-8-6-11-10(12-7-8)13-4-2-9(14)3-5-13;1-5-3-7-6(9-2)8-4-5;7-5-1-3-6-4-2-5/h6-7,9,14H,2-5H2,1H3;3-4H,1-2H3;5-7H,1-4H2. The molecule has 2 aliphatic heterocycles. The van der Waals surface area contributed by atoms with E-state index in [2.05, 4.69) is 30.2 Å². The van der Waals surface area contributed by atoms with Gasteiger partial charge in [-0.3, -0.25) is 0 Å². The van der Waals surface area contributed by atoms with Gasteiger partial charge in [0.2, 0.25) is 5.95 Å². The molecular formula is C21H34N6O2S. The van der Waals surface area contributed by atoms with Crippen LogP contribution in [0.3, 0.4) is 0 Å². The number of anilines is 1. The SMILES string of the molecule is CSc1ncc(C)cn1.Cc1cnc(N2CCC(O)CC2)nc1.OC1CCNCC1. The highest BCUT2D eigenvalue weighted by Crippen LogP contribution is 2.15. The van der Waals surface area contributed by atoms with Crippen molar-refractivity contribution in [1.82, 2.24) is 25.3 Å². The van der Waals surface area contributed by atoms with E-state index < -0.39 is 0 Å². The summed E-state index contributed by atoms with van der Waals surface area (Å²) < 4.78 is 0. The van der Waals surface area contributed by atoms with Gasteiger partial charge in [-0.1, -0.05) is 11.8 Å². The Morgan fingerprint density at radius 2 is 1.30 bits per heavy atom. The molecule has 0 aromatic carbocycles. The fraction of sp³-hybridized carbons (Fsp3) is 0.619. The number of hydrogen-bond donors (Lipinski definition) is 3. The number of aliphatic hydroxyl groups is 2. The van der Waals surface area contributed by atoms with Gasteiger partial charge >= 0.3 is 0 Å². The van der Waals surface area contributed by atoms with Gasteiger partial charge in [-0.25, -0.2) is 19.9 Å². The number of piperidine rings is 2. The quantitative estimate of drug-likeness (QED) is 0.483. The van der Waals surface area contributed by atoms with Crippen molar-refractivity contribution in [3.63, 3.8) is 0 Å². The van der Waals surface area contributed by atoms with E-state index in [-0.39, 0.29) is 12.2 Å². The molecule has 3 N–H and O–H groups in total. The molecule has 9 heteroatoms. The summed E-state index contributed by atoms with van der Waals surface area (Å²) in [6.07, 6.45) is 12.6. The van der Waals surface area contributed by atoms with Crippen LogP contribution >= 0.6 is 11.8 Å². The molecule has 166 valence electrons. The van der Waals surface area contributed by atoms with Gasteiger partial charge in [-0.15, -0.1) is 0 Å². The van der Waals surface area contributed by atoms with E-state index >= 15 is 0 Å². The molecule has 4 heterocycles. The minimum absolute atomic E-state index is 0.0266. The molecule has 0 atom stereocenters. The van der Waals surface area contributed by atoms with Crippen molar-refractivity contribution in [2.24, 2.45) is 0 Å². The summed E-state index contributed by atoms with van der Waals surface area (Å²) in [4.78, 5) is 18.7. The number of thioether (sulfide) groups is 1. The maximum atomic E-state index is 9.35. The Balaban J connectivity index is 0.000000173. The number of nitrogens with one attached hydrogen (secondary N) is 1. The third-order valence-corrected chi connectivity index (χ3v) is 5.34. The zero-order chi connectivity index (χ0) is 21.8. The van der Waals surface area contributed by atoms with Crippen molar-refractivity contribution in [3.05, 3.63) is 35.9 Å². The maximum Gasteiger partial charge on any atom is 0.225 e. The molecule has 8 nitrogen and oxygen atoms in total. The Labute approximate surface area is 183 Å². The Hall–Kier alpha value is -1.81. The van der Waals surface area contributed by atoms with Crippen LogP contribution in [-0.4, -0.2) is 74.8 Å². The number of aromatic nitrogens is 4. The van der Waals surface area contributed by atoms with Gasteiger partial charge in [0, 0.05) is 37.9 Å². The number of nitrogens with zero attached hydrogens (tertiary/aromatic N) is 5. The summed E-state index contributed by atoms with van der Waals surface area (Å²) >= 11 is 1.56. The molecule has 2 fully saturated rings. The van der Waals surface area contributed by atoms with E-state index in [9.17, 15) is 5.11 Å². The lowest BCUT2D eigenvalue weighted by molar-refractivity contribution is 0.137. The predicted molar refractivity (Wildman–Crippen MR) is 121 cm³/mol. The molecule has 2 aromatic heterocycles. The second-order valence-electron chi connectivity index (χ2n) is 7.51. The molecule has 0 unspecified atom stereocenters. The third-order valence-electron chi connectivity index (χ3n) is 4.76. The Kier molecular flexibility index (Phi) is 11.0. The van der Waals surface area contributed by atoms with E-state index in [4.69, 9.17) is 5.11 Å². The molecule has 0 aliphatic carbocycles. The number of aliphatic hydroxyl groups excluding tert-OH is 2. The van der Waals surface area contributed by atoms with Crippen LogP contribution in [0.25, 0.3) is 0 Å². The molecule has 0 amide bonds. The van der Waals surface area contributed by atoms with Crippen LogP contribution in [0, 0.1) is 13.8 Å². The van der Waals surface area contributed by atoms with Crippen molar-refractivity contribution >= 4 is 17.7 Å². The van der Waals surface area contributed by atoms with Crippen molar-refractivity contribution in [2.75, 3.05) is 37.3 Å². The molecule has 30 heavy (non-hydrogen) atoms. The van der Waals surface area contributed by atoms with Gasteiger partial charge in [0.25, 0.3) is 0 Å². The second kappa shape index (κ2) is 13.5. The summed E-state index contributed by atoms with van der Waals surface area (Å²) in [5, 5.41) is 22.2. The van der Waals surface area contributed by atoms with Crippen LogP contribution in [0.15, 0.2) is 29.9 Å². The molecule has 2 saturated heterocycles. The molecular weight excluding hydrogens is 400 g/mol. The summed E-state index contributed by atoms with van der Waals surface area (Å²) in [7, 11) is 0. The lowest BCUT2D eigenvalue weighted by atomic mass is 10.1. The van der Waals surface area contributed by atoms with E-state index in [0.717, 1.165) is 74.1 Å². The average Bonchev–Trinajstić information content (AvgIpc) is 2.77. The summed E-state index contributed by atoms with van der Waals surface area (Å²) in [6, 6.07) is 0. The van der Waals surface area contributed by atoms with Gasteiger partial charge in [-0.05, 0) is 70.0 Å². The Morgan fingerprint density at radius 3 is 1.73 bits per heavy atom. The minimum Gasteiger partial charge on any atom is -0.393 e. The van der Waals surface area contributed by atoms with Gasteiger partial charge in [0.05, 0.1) is 12.2 Å². The monoisotopic (exact) mass is 434 g/mol. The second-order valence-corrected chi connectivity index (χ2v) is 8.28.